The standard InChI is InChI=1S/C7H15NOS/c1-5(2)7(10)8(9)6(3)4/h5-6,9H,1-4H3. The van der Waals surface area contributed by atoms with Gasteiger partial charge in [-0.05, 0) is 13.8 Å². The fourth-order valence-electron chi connectivity index (χ4n) is 0.519. The van der Waals surface area contributed by atoms with Gasteiger partial charge in [0.1, 0.15) is 4.99 Å². The van der Waals surface area contributed by atoms with Crippen LogP contribution in [0.4, 0.5) is 0 Å². The van der Waals surface area contributed by atoms with Crippen molar-refractivity contribution in [1.82, 2.24) is 5.06 Å². The molecule has 0 rings (SSSR count). The van der Waals surface area contributed by atoms with E-state index in [0.717, 1.165) is 5.06 Å². The first-order chi connectivity index (χ1) is 4.46. The monoisotopic (exact) mass is 161 g/mol. The molecule has 0 radical (unpaired) electrons. The molecule has 0 aliphatic rings. The summed E-state index contributed by atoms with van der Waals surface area (Å²) in [6.45, 7) is 7.73. The molecule has 0 bridgehead atoms. The van der Waals surface area contributed by atoms with Crippen LogP contribution in [0.5, 0.6) is 0 Å². The van der Waals surface area contributed by atoms with Crippen LogP contribution in [0.2, 0.25) is 0 Å². The third kappa shape index (κ3) is 2.62. The number of hydrogen-bond acceptors (Lipinski definition) is 2. The van der Waals surface area contributed by atoms with Gasteiger partial charge in [-0.3, -0.25) is 5.21 Å². The second kappa shape index (κ2) is 3.88. The summed E-state index contributed by atoms with van der Waals surface area (Å²) in [7, 11) is 0. The Morgan fingerprint density at radius 2 is 1.70 bits per heavy atom. The van der Waals surface area contributed by atoms with E-state index < -0.39 is 0 Å². The number of hydroxylamine groups is 2. The molecular weight excluding hydrogens is 146 g/mol. The largest absolute Gasteiger partial charge is 0.288 e. The summed E-state index contributed by atoms with van der Waals surface area (Å²) >= 11 is 4.95. The molecule has 0 atom stereocenters. The molecule has 0 aliphatic carbocycles. The molecule has 0 aromatic heterocycles. The topological polar surface area (TPSA) is 23.5 Å². The molecule has 0 unspecified atom stereocenters. The minimum atomic E-state index is 0.0786. The SMILES string of the molecule is CC(C)C(=S)N(O)C(C)C. The maximum Gasteiger partial charge on any atom is 0.106 e. The van der Waals surface area contributed by atoms with E-state index in [9.17, 15) is 5.21 Å². The van der Waals surface area contributed by atoms with Gasteiger partial charge in [0, 0.05) is 5.92 Å². The first-order valence-electron chi connectivity index (χ1n) is 3.48. The normalized spacial score (nSPS) is 10.7. The van der Waals surface area contributed by atoms with E-state index in [1.807, 2.05) is 27.7 Å². The summed E-state index contributed by atoms with van der Waals surface area (Å²) in [5.41, 5.74) is 0. The average molecular weight is 161 g/mol. The number of rotatable bonds is 2. The molecule has 3 heteroatoms. The van der Waals surface area contributed by atoms with Gasteiger partial charge >= 0.3 is 0 Å². The fourth-order valence-corrected chi connectivity index (χ4v) is 0.730. The molecule has 0 saturated heterocycles. The van der Waals surface area contributed by atoms with Crippen LogP contribution in [0.25, 0.3) is 0 Å². The van der Waals surface area contributed by atoms with Gasteiger partial charge in [-0.25, -0.2) is 5.06 Å². The van der Waals surface area contributed by atoms with Gasteiger partial charge in [0.15, 0.2) is 0 Å². The molecule has 0 aromatic carbocycles. The van der Waals surface area contributed by atoms with Crippen LogP contribution in [-0.2, 0) is 0 Å². The minimum absolute atomic E-state index is 0.0786. The third-order valence-electron chi connectivity index (χ3n) is 1.21. The fraction of sp³-hybridized carbons (Fsp3) is 0.857. The summed E-state index contributed by atoms with van der Waals surface area (Å²) in [5.74, 6) is 0.238. The lowest BCUT2D eigenvalue weighted by Crippen LogP contribution is -2.35. The lowest BCUT2D eigenvalue weighted by Gasteiger charge is -2.23. The van der Waals surface area contributed by atoms with Crippen LogP contribution in [0.15, 0.2) is 0 Å². The van der Waals surface area contributed by atoms with Crippen LogP contribution in [0, 0.1) is 5.92 Å². The quantitative estimate of drug-likeness (QED) is 0.495. The van der Waals surface area contributed by atoms with Crippen LogP contribution >= 0.6 is 12.2 Å². The van der Waals surface area contributed by atoms with Crippen molar-refractivity contribution in [3.05, 3.63) is 0 Å². The Hall–Kier alpha value is -0.150. The van der Waals surface area contributed by atoms with Gasteiger partial charge in [-0.2, -0.15) is 0 Å². The zero-order valence-electron chi connectivity index (χ0n) is 6.96. The van der Waals surface area contributed by atoms with E-state index in [1.165, 1.54) is 0 Å². The van der Waals surface area contributed by atoms with Crippen molar-refractivity contribution in [1.29, 1.82) is 0 Å². The van der Waals surface area contributed by atoms with Crippen molar-refractivity contribution < 1.29 is 5.21 Å². The van der Waals surface area contributed by atoms with Crippen LogP contribution in [-0.4, -0.2) is 21.3 Å². The van der Waals surface area contributed by atoms with E-state index in [2.05, 4.69) is 0 Å². The van der Waals surface area contributed by atoms with Gasteiger partial charge < -0.3 is 0 Å². The molecule has 60 valence electrons. The Labute approximate surface area is 67.8 Å². The Kier molecular flexibility index (Phi) is 3.83. The van der Waals surface area contributed by atoms with Gasteiger partial charge in [-0.15, -0.1) is 0 Å². The lowest BCUT2D eigenvalue weighted by molar-refractivity contribution is -0.0432. The highest BCUT2D eigenvalue weighted by atomic mass is 32.1. The molecule has 0 spiro atoms. The van der Waals surface area contributed by atoms with E-state index >= 15 is 0 Å². The van der Waals surface area contributed by atoms with Crippen molar-refractivity contribution in [2.75, 3.05) is 0 Å². The highest BCUT2D eigenvalue weighted by Gasteiger charge is 2.12. The maximum absolute atomic E-state index is 9.26. The summed E-state index contributed by atoms with van der Waals surface area (Å²) in [6.07, 6.45) is 0. The number of hydrogen-bond donors (Lipinski definition) is 1. The maximum atomic E-state index is 9.26. The predicted molar refractivity (Wildman–Crippen MR) is 46.2 cm³/mol. The molecule has 0 heterocycles. The second-order valence-electron chi connectivity index (χ2n) is 2.93. The van der Waals surface area contributed by atoms with Gasteiger partial charge in [0.25, 0.3) is 0 Å². The smallest absolute Gasteiger partial charge is 0.106 e. The summed E-state index contributed by atoms with van der Waals surface area (Å²) in [5, 5.41) is 10.4. The number of nitrogens with zero attached hydrogens (tertiary/aromatic N) is 1. The molecule has 2 nitrogen and oxygen atoms in total. The van der Waals surface area contributed by atoms with E-state index in [4.69, 9.17) is 12.2 Å². The van der Waals surface area contributed by atoms with E-state index in [1.54, 1.807) is 0 Å². The van der Waals surface area contributed by atoms with Crippen molar-refractivity contribution >= 4 is 17.2 Å². The van der Waals surface area contributed by atoms with Crippen LogP contribution < -0.4 is 0 Å². The first-order valence-corrected chi connectivity index (χ1v) is 3.89. The van der Waals surface area contributed by atoms with Crippen molar-refractivity contribution in [2.24, 2.45) is 5.92 Å². The molecular formula is C7H15NOS. The zero-order valence-corrected chi connectivity index (χ0v) is 7.77. The van der Waals surface area contributed by atoms with Crippen LogP contribution in [0.1, 0.15) is 27.7 Å². The zero-order chi connectivity index (χ0) is 8.31. The molecule has 0 aromatic rings. The average Bonchev–Trinajstić information content (AvgIpc) is 1.84. The Balaban J connectivity index is 3.95. The minimum Gasteiger partial charge on any atom is -0.288 e. The summed E-state index contributed by atoms with van der Waals surface area (Å²) in [6, 6.07) is 0.0786. The molecule has 10 heavy (non-hydrogen) atoms. The van der Waals surface area contributed by atoms with Gasteiger partial charge in [0.2, 0.25) is 0 Å². The molecule has 0 aliphatic heterocycles. The van der Waals surface area contributed by atoms with Crippen molar-refractivity contribution in [3.63, 3.8) is 0 Å². The second-order valence-corrected chi connectivity index (χ2v) is 3.35. The van der Waals surface area contributed by atoms with Crippen molar-refractivity contribution in [2.45, 2.75) is 33.7 Å². The summed E-state index contributed by atoms with van der Waals surface area (Å²) < 4.78 is 0. The highest BCUT2D eigenvalue weighted by molar-refractivity contribution is 7.80. The Bertz CT molecular complexity index is 123. The van der Waals surface area contributed by atoms with E-state index in [0.29, 0.717) is 4.99 Å². The van der Waals surface area contributed by atoms with Gasteiger partial charge in [0.05, 0.1) is 6.04 Å². The van der Waals surface area contributed by atoms with Crippen LogP contribution in [0.3, 0.4) is 0 Å². The molecule has 0 saturated carbocycles. The molecule has 1 N–H and O–H groups in total. The number of thiocarbonyl (C=S) groups is 1. The van der Waals surface area contributed by atoms with E-state index in [-0.39, 0.29) is 12.0 Å². The first kappa shape index (κ1) is 9.85. The highest BCUT2D eigenvalue weighted by Crippen LogP contribution is 2.04. The van der Waals surface area contributed by atoms with Gasteiger partial charge in [-0.1, -0.05) is 26.1 Å². The molecule has 0 amide bonds. The third-order valence-corrected chi connectivity index (χ3v) is 1.87. The predicted octanol–water partition coefficient (Wildman–Crippen LogP) is 2.07. The Morgan fingerprint density at radius 3 is 1.80 bits per heavy atom. The van der Waals surface area contributed by atoms with Crippen molar-refractivity contribution in [3.8, 4) is 0 Å². The Morgan fingerprint density at radius 1 is 1.30 bits per heavy atom. The molecule has 0 fully saturated rings. The lowest BCUT2D eigenvalue weighted by atomic mass is 10.2. The summed E-state index contributed by atoms with van der Waals surface area (Å²) in [4.78, 5) is 0.606.